The minimum atomic E-state index is -1.67. The number of likely N-dealkylation sites (N-methyl/N-ethyl adjacent to an activating group) is 1. The van der Waals surface area contributed by atoms with Crippen LogP contribution in [-0.2, 0) is 59.0 Å². The van der Waals surface area contributed by atoms with E-state index in [9.17, 15) is 53.4 Å². The van der Waals surface area contributed by atoms with E-state index >= 15 is 0 Å². The molecule has 3 aliphatic heterocycles. The van der Waals surface area contributed by atoms with Gasteiger partial charge in [0.1, 0.15) is 29.6 Å². The van der Waals surface area contributed by atoms with Gasteiger partial charge in [-0.05, 0) is 109 Å². The van der Waals surface area contributed by atoms with Crippen molar-refractivity contribution in [3.63, 3.8) is 0 Å². The van der Waals surface area contributed by atoms with Crippen LogP contribution in [0, 0.1) is 30.6 Å². The summed E-state index contributed by atoms with van der Waals surface area (Å²) in [6, 6.07) is 1.98. The Morgan fingerprint density at radius 1 is 1.08 bits per heavy atom. The summed E-state index contributed by atoms with van der Waals surface area (Å²) in [6.45, 7) is 12.6. The number of hydrogen-bond donors (Lipinski definition) is 6. The Bertz CT molecular complexity index is 2510. The fourth-order valence-electron chi connectivity index (χ4n) is 10.5. The summed E-state index contributed by atoms with van der Waals surface area (Å²) >= 11 is 7.84. The monoisotopic (exact) mass is 1140 g/mol. The molecule has 0 aromatic heterocycles. The van der Waals surface area contributed by atoms with Gasteiger partial charge in [-0.25, -0.2) is 9.59 Å². The number of fused-ring (bicyclic) bond motifs is 5. The molecule has 4 unspecified atom stereocenters. The summed E-state index contributed by atoms with van der Waals surface area (Å²) in [4.78, 5) is 120. The van der Waals surface area contributed by atoms with Crippen molar-refractivity contribution in [1.82, 2.24) is 26.2 Å². The van der Waals surface area contributed by atoms with Gasteiger partial charge in [0.2, 0.25) is 29.5 Å². The molecular formula is C57H83ClN6O14S. The number of carbonyl (C=O) groups is 9. The lowest BCUT2D eigenvalue weighted by Crippen LogP contribution is -2.60. The Balaban J connectivity index is 1.16. The van der Waals surface area contributed by atoms with Gasteiger partial charge in [0.15, 0.2) is 5.78 Å². The average molecular weight is 1150 g/mol. The van der Waals surface area contributed by atoms with Crippen LogP contribution in [0.15, 0.2) is 35.9 Å². The fourth-order valence-corrected chi connectivity index (χ4v) is 11.8. The van der Waals surface area contributed by atoms with Gasteiger partial charge in [-0.2, -0.15) is 0 Å². The van der Waals surface area contributed by atoms with Crippen molar-refractivity contribution >= 4 is 82.4 Å². The molecule has 0 radical (unpaired) electrons. The Labute approximate surface area is 475 Å². The van der Waals surface area contributed by atoms with Crippen molar-refractivity contribution in [1.29, 1.82) is 0 Å². The van der Waals surface area contributed by atoms with Crippen molar-refractivity contribution in [3.05, 3.63) is 52.1 Å². The van der Waals surface area contributed by atoms with Crippen molar-refractivity contribution in [2.24, 2.45) is 23.7 Å². The molecule has 4 aliphatic rings. The van der Waals surface area contributed by atoms with Crippen molar-refractivity contribution < 1.29 is 68.9 Å². The molecule has 3 fully saturated rings. The number of epoxide rings is 1. The zero-order chi connectivity index (χ0) is 59.2. The van der Waals surface area contributed by atoms with Crippen LogP contribution in [0.3, 0.4) is 0 Å². The van der Waals surface area contributed by atoms with Gasteiger partial charge in [-0.15, -0.1) is 11.8 Å². The number of halogens is 1. The molecule has 1 aromatic carbocycles. The number of carboxylic acids is 1. The maximum atomic E-state index is 14.3. The standard InChI is InChI=1S/C57H83ClN6O14S/c1-11-46(66)61-41(37(7)65)17-12-13-23-59-52(71)40-20-18-38(19-21-40)31-60-53(72)44(28-49(69)70)79-24-22-47(67)63(9)36(6)54(73)77-45-29-48(68)64(10)42-27-39(26-33(3)50(42)58)25-32(2)15-14-16-34(4)57(75)30-43(76-55(74)62-57)35(5)51-56(45,8)78-51/h14-16,26-27,34-36,38,40-41,43-45,51,75H,11-13,17-25,28-31H2,1-10H3,(H,59,71)(H,60,72)(H,61,66)(H,62,74)(H,69,70)/b16-14+,32-15+/t34-,35?,36+,38?,40?,41?,43?,44?,45+,51+,56+,57+/m1/s1/i1T. The summed E-state index contributed by atoms with van der Waals surface area (Å²) in [5, 5.41) is 31.9. The Morgan fingerprint density at radius 2 is 1.78 bits per heavy atom. The molecule has 79 heavy (non-hydrogen) atoms. The topological polar surface area (TPSA) is 280 Å². The number of amides is 6. The van der Waals surface area contributed by atoms with Crippen LogP contribution < -0.4 is 26.2 Å². The number of ether oxygens (including phenoxy) is 3. The highest BCUT2D eigenvalue weighted by atomic mass is 35.5. The largest absolute Gasteiger partial charge is 0.481 e. The molecule has 6 N–H and O–H groups in total. The number of benzene rings is 1. The normalized spacial score (nSPS) is 28.5. The number of aryl methyl sites for hydroxylation is 1. The number of nitrogens with one attached hydrogen (secondary N) is 4. The maximum absolute atomic E-state index is 14.3. The zero-order valence-electron chi connectivity index (χ0n) is 48.2. The molecule has 4 bridgehead atoms. The summed E-state index contributed by atoms with van der Waals surface area (Å²) in [5.74, 6) is -5.19. The quantitative estimate of drug-likeness (QED) is 0.0461. The highest BCUT2D eigenvalue weighted by Crippen LogP contribution is 2.49. The molecule has 3 heterocycles. The number of hydrogen-bond acceptors (Lipinski definition) is 14. The van der Waals surface area contributed by atoms with E-state index in [2.05, 4.69) is 21.3 Å². The number of aliphatic hydroxyl groups is 1. The third-order valence-electron chi connectivity index (χ3n) is 16.0. The van der Waals surface area contributed by atoms with Gasteiger partial charge in [0.25, 0.3) is 0 Å². The molecule has 0 spiro atoms. The molecule has 1 aliphatic carbocycles. The first-order valence-electron chi connectivity index (χ1n) is 28.1. The van der Waals surface area contributed by atoms with Crippen molar-refractivity contribution in [2.75, 3.05) is 37.8 Å². The van der Waals surface area contributed by atoms with E-state index < -0.39 is 101 Å². The van der Waals surface area contributed by atoms with E-state index in [0.29, 0.717) is 68.6 Å². The van der Waals surface area contributed by atoms with Crippen LogP contribution in [0.4, 0.5) is 10.5 Å². The number of carboxylic acid groups (broad SMARTS) is 1. The third kappa shape index (κ3) is 17.7. The maximum Gasteiger partial charge on any atom is 0.409 e. The van der Waals surface area contributed by atoms with E-state index in [0.717, 1.165) is 28.5 Å². The molecule has 22 heteroatoms. The van der Waals surface area contributed by atoms with Crippen LogP contribution in [-0.4, -0.2) is 148 Å². The number of rotatable bonds is 21. The molecule has 6 amide bonds. The van der Waals surface area contributed by atoms with Gasteiger partial charge < -0.3 is 50.2 Å². The van der Waals surface area contributed by atoms with Crippen LogP contribution in [0.1, 0.15) is 138 Å². The molecule has 1 aromatic rings. The van der Waals surface area contributed by atoms with Crippen LogP contribution >= 0.6 is 23.4 Å². The lowest BCUT2D eigenvalue weighted by molar-refractivity contribution is -0.162. The molecule has 2 saturated heterocycles. The number of thioether (sulfide) groups is 1. The second kappa shape index (κ2) is 28.8. The highest BCUT2D eigenvalue weighted by Gasteiger charge is 2.64. The second-order valence-electron chi connectivity index (χ2n) is 22.1. The SMILES string of the molecule is [3H]CCC(=O)NC(CCCCNC(=O)C1CCC(CNC(=O)C(CC(=O)O)SCCC(=O)N(C)[C@@H](C)C(=O)O[C@H]2CC(=O)N(C)c3cc(cc(C)c3Cl)C/C(C)=C/C=C/[C@@H](C)[C@@]3(O)CC(OC(=O)N3)C(C)[C@@H]3O[C@@]23C)CC1)C(C)=O. The second-order valence-corrected chi connectivity index (χ2v) is 23.8. The first-order chi connectivity index (χ1) is 37.7. The van der Waals surface area contributed by atoms with E-state index in [4.69, 9.17) is 27.2 Å². The van der Waals surface area contributed by atoms with Gasteiger partial charge in [0.05, 0.1) is 40.9 Å². The molecule has 1 saturated carbocycles. The molecule has 20 nitrogen and oxygen atoms in total. The smallest absolute Gasteiger partial charge is 0.409 e. The lowest BCUT2D eigenvalue weighted by Gasteiger charge is -2.41. The number of anilines is 1. The van der Waals surface area contributed by atoms with Gasteiger partial charge in [-0.1, -0.05) is 62.2 Å². The molecular weight excluding hydrogens is 1060 g/mol. The minimum absolute atomic E-state index is 0.00478. The van der Waals surface area contributed by atoms with E-state index in [1.807, 2.05) is 38.1 Å². The summed E-state index contributed by atoms with van der Waals surface area (Å²) in [7, 11) is 3.00. The highest BCUT2D eigenvalue weighted by molar-refractivity contribution is 8.00. The minimum Gasteiger partial charge on any atom is -0.481 e. The number of esters is 1. The summed E-state index contributed by atoms with van der Waals surface area (Å²) in [5.41, 5.74) is 0.0919. The number of ketones is 1. The van der Waals surface area contributed by atoms with Gasteiger partial charge in [0, 0.05) is 71.3 Å². The number of aliphatic carboxylic acids is 1. The van der Waals surface area contributed by atoms with Crippen LogP contribution in [0.25, 0.3) is 0 Å². The Kier molecular flexibility index (Phi) is 22.8. The third-order valence-corrected chi connectivity index (χ3v) is 17.7. The summed E-state index contributed by atoms with van der Waals surface area (Å²) in [6.07, 6.45) is 5.76. The van der Waals surface area contributed by atoms with Gasteiger partial charge >= 0.3 is 18.0 Å². The van der Waals surface area contributed by atoms with E-state index in [-0.39, 0.29) is 74.3 Å². The van der Waals surface area contributed by atoms with Crippen LogP contribution in [0.5, 0.6) is 0 Å². The van der Waals surface area contributed by atoms with Crippen molar-refractivity contribution in [3.8, 4) is 0 Å². The van der Waals surface area contributed by atoms with Gasteiger partial charge in [-0.3, -0.25) is 38.9 Å². The Morgan fingerprint density at radius 3 is 2.46 bits per heavy atom. The first-order valence-corrected chi connectivity index (χ1v) is 28.8. The zero-order valence-corrected chi connectivity index (χ0v) is 48.7. The molecule has 5 rings (SSSR count). The Hall–Kier alpha value is -5.51. The van der Waals surface area contributed by atoms with E-state index in [1.54, 1.807) is 33.9 Å². The number of alkyl carbamates (subject to hydrolysis) is 1. The first kappa shape index (κ1) is 62.7. The average Bonchev–Trinajstić information content (AvgIpc) is 4.29. The number of unbranched alkanes of at least 4 members (excludes halogenated alkanes) is 1. The lowest BCUT2D eigenvalue weighted by atomic mass is 9.81. The number of carbonyl (C=O) groups excluding carboxylic acids is 8. The number of Topliss-reactive ketones (excluding diaryl/α,β-unsaturated/α-hetero) is 1. The number of allylic oxidation sites excluding steroid dienone is 3. The molecule has 438 valence electrons. The van der Waals surface area contributed by atoms with Crippen molar-refractivity contribution in [2.45, 2.75) is 186 Å². The summed E-state index contributed by atoms with van der Waals surface area (Å²) < 4.78 is 25.4. The van der Waals surface area contributed by atoms with E-state index in [1.165, 1.54) is 30.7 Å². The number of nitrogens with zero attached hydrogens (tertiary/aromatic N) is 2. The van der Waals surface area contributed by atoms with Crippen LogP contribution in [0.2, 0.25) is 5.02 Å². The molecule has 10 atom stereocenters. The predicted octanol–water partition coefficient (Wildman–Crippen LogP) is 6.09. The predicted molar refractivity (Wildman–Crippen MR) is 299 cm³/mol. The fraction of sp³-hybridized carbons (Fsp3) is 0.667.